The van der Waals surface area contributed by atoms with E-state index < -0.39 is 6.09 Å². The lowest BCUT2D eigenvalue weighted by atomic mass is 10.2. The van der Waals surface area contributed by atoms with E-state index in [4.69, 9.17) is 16.3 Å². The van der Waals surface area contributed by atoms with Gasteiger partial charge in [-0.1, -0.05) is 25.4 Å². The highest BCUT2D eigenvalue weighted by atomic mass is 35.5. The number of rotatable bonds is 5. The summed E-state index contributed by atoms with van der Waals surface area (Å²) in [6.45, 7) is 6.63. The van der Waals surface area contributed by atoms with Crippen LogP contribution in [0.25, 0.3) is 5.69 Å². The number of carbonyl (C=O) groups excluding carboxylic acids is 1. The third kappa shape index (κ3) is 3.76. The SMILES string of the molecule is CCN(C(=O)OCC(C)C)c1cn(-c2cccnc2)nc1Cl. The van der Waals surface area contributed by atoms with Gasteiger partial charge in [0.05, 0.1) is 24.7 Å². The Balaban J connectivity index is 2.23. The summed E-state index contributed by atoms with van der Waals surface area (Å²) in [5.74, 6) is 0.274. The Morgan fingerprint density at radius 3 is 2.86 bits per heavy atom. The van der Waals surface area contributed by atoms with Crippen LogP contribution in [0.1, 0.15) is 20.8 Å². The summed E-state index contributed by atoms with van der Waals surface area (Å²) in [5, 5.41) is 4.46. The monoisotopic (exact) mass is 322 g/mol. The van der Waals surface area contributed by atoms with Crippen molar-refractivity contribution in [3.63, 3.8) is 0 Å². The number of nitrogens with zero attached hydrogens (tertiary/aromatic N) is 4. The first kappa shape index (κ1) is 16.3. The van der Waals surface area contributed by atoms with Crippen molar-refractivity contribution in [2.24, 2.45) is 5.92 Å². The number of hydrogen-bond donors (Lipinski definition) is 0. The number of amides is 1. The second-order valence-electron chi connectivity index (χ2n) is 5.18. The van der Waals surface area contributed by atoms with Crippen LogP contribution in [0, 0.1) is 5.92 Å². The van der Waals surface area contributed by atoms with Crippen LogP contribution in [0.15, 0.2) is 30.7 Å². The van der Waals surface area contributed by atoms with Crippen molar-refractivity contribution >= 4 is 23.4 Å². The van der Waals surface area contributed by atoms with Crippen LogP contribution in [0.5, 0.6) is 0 Å². The third-order valence-corrected chi connectivity index (χ3v) is 3.20. The summed E-state index contributed by atoms with van der Waals surface area (Å²) in [4.78, 5) is 17.7. The molecule has 0 aliphatic heterocycles. The molecule has 0 radical (unpaired) electrons. The van der Waals surface area contributed by atoms with Crippen molar-refractivity contribution in [2.45, 2.75) is 20.8 Å². The molecule has 0 aromatic carbocycles. The fraction of sp³-hybridized carbons (Fsp3) is 0.400. The van der Waals surface area contributed by atoms with Gasteiger partial charge in [-0.05, 0) is 25.0 Å². The molecule has 2 heterocycles. The first-order valence-corrected chi connectivity index (χ1v) is 7.50. The van der Waals surface area contributed by atoms with E-state index in [-0.39, 0.29) is 11.1 Å². The Morgan fingerprint density at radius 2 is 2.27 bits per heavy atom. The number of pyridine rings is 1. The molecule has 0 atom stereocenters. The smallest absolute Gasteiger partial charge is 0.414 e. The highest BCUT2D eigenvalue weighted by Crippen LogP contribution is 2.26. The van der Waals surface area contributed by atoms with Gasteiger partial charge < -0.3 is 4.74 Å². The number of aromatic nitrogens is 3. The lowest BCUT2D eigenvalue weighted by Crippen LogP contribution is -2.32. The highest BCUT2D eigenvalue weighted by molar-refractivity contribution is 6.32. The maximum atomic E-state index is 12.2. The maximum absolute atomic E-state index is 12.2. The zero-order chi connectivity index (χ0) is 16.1. The minimum Gasteiger partial charge on any atom is -0.449 e. The topological polar surface area (TPSA) is 60.2 Å². The summed E-state index contributed by atoms with van der Waals surface area (Å²) < 4.78 is 6.85. The van der Waals surface area contributed by atoms with E-state index in [1.54, 1.807) is 29.3 Å². The van der Waals surface area contributed by atoms with Gasteiger partial charge >= 0.3 is 6.09 Å². The molecule has 2 aromatic rings. The summed E-state index contributed by atoms with van der Waals surface area (Å²) in [7, 11) is 0. The van der Waals surface area contributed by atoms with Crippen LogP contribution in [-0.2, 0) is 4.74 Å². The Morgan fingerprint density at radius 1 is 1.50 bits per heavy atom. The standard InChI is InChI=1S/C15H19ClN4O2/c1-4-19(15(21)22-10-11(2)3)13-9-20(18-14(13)16)12-6-5-7-17-8-12/h5-9,11H,4,10H2,1-3H3. The predicted octanol–water partition coefficient (Wildman–Crippen LogP) is 3.54. The van der Waals surface area contributed by atoms with Gasteiger partial charge in [0.25, 0.3) is 0 Å². The highest BCUT2D eigenvalue weighted by Gasteiger charge is 2.21. The van der Waals surface area contributed by atoms with E-state index >= 15 is 0 Å². The lowest BCUT2D eigenvalue weighted by Gasteiger charge is -2.19. The summed E-state index contributed by atoms with van der Waals surface area (Å²) in [6, 6.07) is 3.66. The minimum atomic E-state index is -0.427. The average Bonchev–Trinajstić information content (AvgIpc) is 2.89. The van der Waals surface area contributed by atoms with E-state index in [1.807, 2.05) is 26.8 Å². The molecule has 118 valence electrons. The Hall–Kier alpha value is -2.08. The summed E-state index contributed by atoms with van der Waals surface area (Å²) in [5.41, 5.74) is 1.28. The van der Waals surface area contributed by atoms with Crippen LogP contribution in [0.3, 0.4) is 0 Å². The van der Waals surface area contributed by atoms with Gasteiger partial charge in [-0.3, -0.25) is 9.88 Å². The maximum Gasteiger partial charge on any atom is 0.414 e. The number of carbonyl (C=O) groups is 1. The van der Waals surface area contributed by atoms with E-state index in [0.29, 0.717) is 18.8 Å². The Labute approximate surface area is 134 Å². The molecule has 1 amide bonds. The van der Waals surface area contributed by atoms with Crippen molar-refractivity contribution in [1.29, 1.82) is 0 Å². The van der Waals surface area contributed by atoms with Crippen molar-refractivity contribution in [3.8, 4) is 5.69 Å². The quantitative estimate of drug-likeness (QED) is 0.844. The van der Waals surface area contributed by atoms with Gasteiger partial charge in [-0.25, -0.2) is 9.48 Å². The molecule has 0 N–H and O–H groups in total. The molecule has 7 heteroatoms. The van der Waals surface area contributed by atoms with Crippen molar-refractivity contribution in [3.05, 3.63) is 35.9 Å². The largest absolute Gasteiger partial charge is 0.449 e. The summed E-state index contributed by atoms with van der Waals surface area (Å²) in [6.07, 6.45) is 4.61. The minimum absolute atomic E-state index is 0.243. The predicted molar refractivity (Wildman–Crippen MR) is 85.6 cm³/mol. The molecule has 0 aliphatic carbocycles. The van der Waals surface area contributed by atoms with Gasteiger partial charge in [0.15, 0.2) is 5.15 Å². The fourth-order valence-corrected chi connectivity index (χ4v) is 2.09. The molecule has 0 spiro atoms. The van der Waals surface area contributed by atoms with Crippen molar-refractivity contribution in [1.82, 2.24) is 14.8 Å². The molecule has 2 aromatic heterocycles. The van der Waals surface area contributed by atoms with Gasteiger partial charge in [0.2, 0.25) is 0 Å². The molecule has 0 saturated heterocycles. The Kier molecular flexibility index (Phi) is 5.38. The van der Waals surface area contributed by atoms with Crippen molar-refractivity contribution < 1.29 is 9.53 Å². The molecule has 0 bridgehead atoms. The van der Waals surface area contributed by atoms with Gasteiger partial charge in [-0.15, -0.1) is 0 Å². The van der Waals surface area contributed by atoms with Gasteiger partial charge in [-0.2, -0.15) is 5.10 Å². The van der Waals surface area contributed by atoms with Gasteiger partial charge in [0, 0.05) is 12.7 Å². The van der Waals surface area contributed by atoms with Crippen LogP contribution in [0.4, 0.5) is 10.5 Å². The molecule has 0 aliphatic rings. The second-order valence-corrected chi connectivity index (χ2v) is 5.53. The second kappa shape index (κ2) is 7.26. The molecule has 0 saturated carbocycles. The van der Waals surface area contributed by atoms with Crippen LogP contribution >= 0.6 is 11.6 Å². The third-order valence-electron chi connectivity index (χ3n) is 2.93. The molecule has 0 fully saturated rings. The summed E-state index contributed by atoms with van der Waals surface area (Å²) >= 11 is 6.17. The number of hydrogen-bond acceptors (Lipinski definition) is 4. The van der Waals surface area contributed by atoms with E-state index in [1.165, 1.54) is 4.90 Å². The lowest BCUT2D eigenvalue weighted by molar-refractivity contribution is 0.140. The van der Waals surface area contributed by atoms with Crippen molar-refractivity contribution in [2.75, 3.05) is 18.1 Å². The fourth-order valence-electron chi connectivity index (χ4n) is 1.86. The molecule has 0 unspecified atom stereocenters. The van der Waals surface area contributed by atoms with Crippen LogP contribution in [-0.4, -0.2) is 34.0 Å². The van der Waals surface area contributed by atoms with Gasteiger partial charge in [0.1, 0.15) is 5.69 Å². The molecular weight excluding hydrogens is 304 g/mol. The molecule has 2 rings (SSSR count). The van der Waals surface area contributed by atoms with E-state index in [2.05, 4.69) is 10.1 Å². The molecule has 6 nitrogen and oxygen atoms in total. The normalized spacial score (nSPS) is 10.8. The average molecular weight is 323 g/mol. The number of anilines is 1. The number of halogens is 1. The zero-order valence-electron chi connectivity index (χ0n) is 12.9. The molecule has 22 heavy (non-hydrogen) atoms. The zero-order valence-corrected chi connectivity index (χ0v) is 13.6. The van der Waals surface area contributed by atoms with E-state index in [0.717, 1.165) is 5.69 Å². The van der Waals surface area contributed by atoms with E-state index in [9.17, 15) is 4.79 Å². The number of ether oxygens (including phenoxy) is 1. The van der Waals surface area contributed by atoms with Crippen LogP contribution < -0.4 is 4.90 Å². The molecular formula is C15H19ClN4O2. The van der Waals surface area contributed by atoms with Crippen LogP contribution in [0.2, 0.25) is 5.15 Å². The first-order chi connectivity index (χ1) is 10.5. The Bertz CT molecular complexity index is 628. The first-order valence-electron chi connectivity index (χ1n) is 7.12.